The highest BCUT2D eigenvalue weighted by molar-refractivity contribution is 7.22. The SMILES string of the molecule is CCC(CCN(C)c1nc2ccc(Cl)cc2s1)NC(=O)OC(C)(C)C. The number of rotatable bonds is 6. The van der Waals surface area contributed by atoms with E-state index in [2.05, 4.69) is 22.1 Å². The summed E-state index contributed by atoms with van der Waals surface area (Å²) in [5, 5.41) is 4.61. The van der Waals surface area contributed by atoms with Crippen molar-refractivity contribution < 1.29 is 9.53 Å². The van der Waals surface area contributed by atoms with Crippen LogP contribution in [0.3, 0.4) is 0 Å². The van der Waals surface area contributed by atoms with Gasteiger partial charge in [0.05, 0.1) is 10.2 Å². The van der Waals surface area contributed by atoms with Gasteiger partial charge in [-0.25, -0.2) is 9.78 Å². The molecule has 1 amide bonds. The van der Waals surface area contributed by atoms with Gasteiger partial charge in [0.2, 0.25) is 0 Å². The van der Waals surface area contributed by atoms with Gasteiger partial charge in [0.1, 0.15) is 5.60 Å². The average molecular weight is 384 g/mol. The summed E-state index contributed by atoms with van der Waals surface area (Å²) in [6, 6.07) is 5.79. The number of benzene rings is 1. The number of nitrogens with zero attached hydrogens (tertiary/aromatic N) is 2. The van der Waals surface area contributed by atoms with Crippen molar-refractivity contribution in [1.29, 1.82) is 0 Å². The lowest BCUT2D eigenvalue weighted by molar-refractivity contribution is 0.0501. The number of ether oxygens (including phenoxy) is 1. The van der Waals surface area contributed by atoms with Crippen molar-refractivity contribution in [2.75, 3.05) is 18.5 Å². The van der Waals surface area contributed by atoms with Crippen molar-refractivity contribution >= 4 is 44.4 Å². The number of aromatic nitrogens is 1. The highest BCUT2D eigenvalue weighted by atomic mass is 35.5. The van der Waals surface area contributed by atoms with Gasteiger partial charge in [0, 0.05) is 24.7 Å². The standard InChI is InChI=1S/C18H26ClN3O2S/c1-6-13(20-17(23)24-18(2,3)4)9-10-22(5)16-21-14-8-7-12(19)11-15(14)25-16/h7-8,11,13H,6,9-10H2,1-5H3,(H,20,23). The Morgan fingerprint density at radius 3 is 2.80 bits per heavy atom. The molecule has 1 unspecified atom stereocenters. The van der Waals surface area contributed by atoms with Gasteiger partial charge in [0.15, 0.2) is 5.13 Å². The van der Waals surface area contributed by atoms with Crippen LogP contribution in [0.4, 0.5) is 9.93 Å². The van der Waals surface area contributed by atoms with Crippen LogP contribution in [-0.4, -0.2) is 36.3 Å². The number of hydrogen-bond donors (Lipinski definition) is 1. The Bertz CT molecular complexity index is 727. The summed E-state index contributed by atoms with van der Waals surface area (Å²) in [5.74, 6) is 0. The molecule has 138 valence electrons. The van der Waals surface area contributed by atoms with Crippen molar-refractivity contribution in [3.63, 3.8) is 0 Å². The van der Waals surface area contributed by atoms with Crippen LogP contribution in [0.2, 0.25) is 5.02 Å². The van der Waals surface area contributed by atoms with E-state index in [1.54, 1.807) is 11.3 Å². The maximum absolute atomic E-state index is 11.9. The number of fused-ring (bicyclic) bond motifs is 1. The quantitative estimate of drug-likeness (QED) is 0.755. The Labute approximate surface area is 158 Å². The first kappa shape index (κ1) is 19.8. The third-order valence-corrected chi connectivity index (χ3v) is 5.06. The van der Waals surface area contributed by atoms with Crippen LogP contribution in [0.1, 0.15) is 40.5 Å². The number of hydrogen-bond acceptors (Lipinski definition) is 5. The van der Waals surface area contributed by atoms with Gasteiger partial charge in [-0.3, -0.25) is 0 Å². The zero-order valence-corrected chi connectivity index (χ0v) is 17.0. The van der Waals surface area contributed by atoms with E-state index in [9.17, 15) is 4.79 Å². The lowest BCUT2D eigenvalue weighted by Gasteiger charge is -2.24. The summed E-state index contributed by atoms with van der Waals surface area (Å²) in [4.78, 5) is 18.7. The fraction of sp³-hybridized carbons (Fsp3) is 0.556. The van der Waals surface area contributed by atoms with Gasteiger partial charge < -0.3 is 15.0 Å². The summed E-state index contributed by atoms with van der Waals surface area (Å²) in [6.07, 6.45) is 1.31. The molecule has 0 bridgehead atoms. The minimum Gasteiger partial charge on any atom is -0.444 e. The predicted octanol–water partition coefficient (Wildman–Crippen LogP) is 5.08. The first-order valence-corrected chi connectivity index (χ1v) is 9.64. The van der Waals surface area contributed by atoms with Crippen LogP contribution >= 0.6 is 22.9 Å². The molecule has 0 saturated carbocycles. The van der Waals surface area contributed by atoms with E-state index >= 15 is 0 Å². The molecule has 1 aromatic heterocycles. The van der Waals surface area contributed by atoms with Crippen LogP contribution < -0.4 is 10.2 Å². The molecule has 0 spiro atoms. The van der Waals surface area contributed by atoms with Crippen LogP contribution in [-0.2, 0) is 4.74 Å². The van der Waals surface area contributed by atoms with E-state index in [0.717, 1.165) is 39.8 Å². The smallest absolute Gasteiger partial charge is 0.407 e. The Kier molecular flexibility index (Phi) is 6.52. The first-order valence-electron chi connectivity index (χ1n) is 8.44. The highest BCUT2D eigenvalue weighted by Crippen LogP contribution is 2.30. The fourth-order valence-corrected chi connectivity index (χ4v) is 3.58. The summed E-state index contributed by atoms with van der Waals surface area (Å²) in [5.41, 5.74) is 0.469. The molecule has 0 radical (unpaired) electrons. The normalized spacial score (nSPS) is 12.9. The number of anilines is 1. The van der Waals surface area contributed by atoms with E-state index < -0.39 is 5.60 Å². The Balaban J connectivity index is 1.92. The topological polar surface area (TPSA) is 54.5 Å². The van der Waals surface area contributed by atoms with Gasteiger partial charge in [-0.05, 0) is 51.8 Å². The molecule has 2 rings (SSSR count). The van der Waals surface area contributed by atoms with Crippen LogP contribution in [0.15, 0.2) is 18.2 Å². The third-order valence-electron chi connectivity index (χ3n) is 3.69. The Morgan fingerprint density at radius 2 is 2.16 bits per heavy atom. The van der Waals surface area contributed by atoms with E-state index in [1.165, 1.54) is 0 Å². The van der Waals surface area contributed by atoms with Gasteiger partial charge in [0.25, 0.3) is 0 Å². The zero-order chi connectivity index (χ0) is 18.6. The maximum atomic E-state index is 11.9. The van der Waals surface area contributed by atoms with Gasteiger partial charge in [-0.15, -0.1) is 0 Å². The second-order valence-electron chi connectivity index (χ2n) is 7.07. The molecule has 0 saturated heterocycles. The first-order chi connectivity index (χ1) is 11.7. The van der Waals surface area contributed by atoms with Crippen molar-refractivity contribution in [3.05, 3.63) is 23.2 Å². The van der Waals surface area contributed by atoms with E-state index in [-0.39, 0.29) is 12.1 Å². The zero-order valence-electron chi connectivity index (χ0n) is 15.4. The van der Waals surface area contributed by atoms with Crippen molar-refractivity contribution in [2.24, 2.45) is 0 Å². The molecule has 25 heavy (non-hydrogen) atoms. The van der Waals surface area contributed by atoms with Crippen molar-refractivity contribution in [2.45, 2.75) is 52.2 Å². The Hall–Kier alpha value is -1.53. The molecule has 0 aliphatic carbocycles. The lowest BCUT2D eigenvalue weighted by Crippen LogP contribution is -2.40. The second kappa shape index (κ2) is 8.23. The number of halogens is 1. The van der Waals surface area contributed by atoms with E-state index in [4.69, 9.17) is 16.3 Å². The number of alkyl carbamates (subject to hydrolysis) is 1. The third kappa shape index (κ3) is 6.04. The number of thiazole rings is 1. The summed E-state index contributed by atoms with van der Waals surface area (Å²) in [7, 11) is 2.01. The van der Waals surface area contributed by atoms with E-state index in [0.29, 0.717) is 0 Å². The number of carbonyl (C=O) groups excluding carboxylic acids is 1. The van der Waals surface area contributed by atoms with Gasteiger partial charge in [-0.1, -0.05) is 29.9 Å². The van der Waals surface area contributed by atoms with Crippen molar-refractivity contribution in [1.82, 2.24) is 10.3 Å². The molecule has 1 heterocycles. The van der Waals surface area contributed by atoms with E-state index in [1.807, 2.05) is 46.0 Å². The molecular weight excluding hydrogens is 358 g/mol. The number of nitrogens with one attached hydrogen (secondary N) is 1. The maximum Gasteiger partial charge on any atom is 0.407 e. The second-order valence-corrected chi connectivity index (χ2v) is 8.52. The fourth-order valence-electron chi connectivity index (χ4n) is 2.35. The molecule has 7 heteroatoms. The minimum atomic E-state index is -0.485. The predicted molar refractivity (Wildman–Crippen MR) is 106 cm³/mol. The van der Waals surface area contributed by atoms with Crippen molar-refractivity contribution in [3.8, 4) is 0 Å². The van der Waals surface area contributed by atoms with Crippen LogP contribution in [0.25, 0.3) is 10.2 Å². The molecule has 0 aliphatic rings. The molecule has 1 aromatic carbocycles. The van der Waals surface area contributed by atoms with Gasteiger partial charge in [-0.2, -0.15) is 0 Å². The number of carbonyl (C=O) groups is 1. The molecule has 5 nitrogen and oxygen atoms in total. The largest absolute Gasteiger partial charge is 0.444 e. The molecule has 2 aromatic rings. The summed E-state index contributed by atoms with van der Waals surface area (Å²) >= 11 is 7.66. The monoisotopic (exact) mass is 383 g/mol. The summed E-state index contributed by atoms with van der Waals surface area (Å²) in [6.45, 7) is 8.44. The number of amides is 1. The molecule has 1 N–H and O–H groups in total. The van der Waals surface area contributed by atoms with Gasteiger partial charge >= 0.3 is 6.09 Å². The van der Waals surface area contributed by atoms with Crippen LogP contribution in [0, 0.1) is 0 Å². The lowest BCUT2D eigenvalue weighted by atomic mass is 10.1. The molecule has 0 aliphatic heterocycles. The van der Waals surface area contributed by atoms with Crippen LogP contribution in [0.5, 0.6) is 0 Å². The Morgan fingerprint density at radius 1 is 1.44 bits per heavy atom. The average Bonchev–Trinajstić information content (AvgIpc) is 2.92. The molecule has 0 fully saturated rings. The minimum absolute atomic E-state index is 0.0705. The molecular formula is C18H26ClN3O2S. The molecule has 1 atom stereocenters. The highest BCUT2D eigenvalue weighted by Gasteiger charge is 2.19. The summed E-state index contributed by atoms with van der Waals surface area (Å²) < 4.78 is 6.40.